The molecule has 0 spiro atoms. The summed E-state index contributed by atoms with van der Waals surface area (Å²) in [4.78, 5) is 34.5. The average Bonchev–Trinajstić information content (AvgIpc) is 3.07. The summed E-state index contributed by atoms with van der Waals surface area (Å²) in [6.07, 6.45) is 1.21. The van der Waals surface area contributed by atoms with Gasteiger partial charge in [-0.15, -0.1) is 0 Å². The minimum atomic E-state index is -0.684. The van der Waals surface area contributed by atoms with Gasteiger partial charge in [0.1, 0.15) is 18.2 Å². The quantitative estimate of drug-likeness (QED) is 0.717. The molecule has 2 fully saturated rings. The molecular formula is C22H24ClFN4O3. The first-order valence-electron chi connectivity index (χ1n) is 10.2. The van der Waals surface area contributed by atoms with E-state index in [1.54, 1.807) is 11.8 Å². The molecule has 0 unspecified atom stereocenters. The van der Waals surface area contributed by atoms with Gasteiger partial charge in [-0.25, -0.2) is 14.2 Å². The number of benzene rings is 1. The lowest BCUT2D eigenvalue weighted by Gasteiger charge is -2.36. The normalized spacial score (nSPS) is 19.1. The van der Waals surface area contributed by atoms with Crippen molar-refractivity contribution in [2.75, 3.05) is 42.6 Å². The maximum absolute atomic E-state index is 14.8. The number of aryl methyl sites for hydroxylation is 2. The predicted octanol–water partition coefficient (Wildman–Crippen LogP) is 3.80. The van der Waals surface area contributed by atoms with E-state index in [2.05, 4.69) is 16.0 Å². The zero-order chi connectivity index (χ0) is 22.3. The molecule has 31 heavy (non-hydrogen) atoms. The molecule has 164 valence electrons. The van der Waals surface area contributed by atoms with Gasteiger partial charge < -0.3 is 14.5 Å². The summed E-state index contributed by atoms with van der Waals surface area (Å²) in [6, 6.07) is 4.20. The van der Waals surface area contributed by atoms with Gasteiger partial charge in [0.05, 0.1) is 22.3 Å². The molecule has 0 N–H and O–H groups in total. The van der Waals surface area contributed by atoms with Crippen LogP contribution in [0.5, 0.6) is 0 Å². The Kier molecular flexibility index (Phi) is 5.75. The van der Waals surface area contributed by atoms with Gasteiger partial charge in [-0.1, -0.05) is 17.7 Å². The smallest absolute Gasteiger partial charge is 0.414 e. The first kappa shape index (κ1) is 21.4. The van der Waals surface area contributed by atoms with Gasteiger partial charge >= 0.3 is 6.09 Å². The number of amides is 2. The first-order valence-corrected chi connectivity index (χ1v) is 10.6. The second kappa shape index (κ2) is 8.34. The highest BCUT2D eigenvalue weighted by molar-refractivity contribution is 6.34. The molecule has 1 aromatic carbocycles. The number of pyridine rings is 1. The lowest BCUT2D eigenvalue weighted by Crippen LogP contribution is -2.49. The maximum atomic E-state index is 14.8. The molecule has 0 aliphatic carbocycles. The van der Waals surface area contributed by atoms with Gasteiger partial charge in [-0.05, 0) is 44.0 Å². The van der Waals surface area contributed by atoms with Gasteiger partial charge in [0.2, 0.25) is 0 Å². The van der Waals surface area contributed by atoms with Crippen LogP contribution in [0.2, 0.25) is 5.02 Å². The van der Waals surface area contributed by atoms with Crippen LogP contribution in [-0.4, -0.2) is 60.7 Å². The highest BCUT2D eigenvalue weighted by Crippen LogP contribution is 2.32. The highest BCUT2D eigenvalue weighted by Gasteiger charge is 2.34. The van der Waals surface area contributed by atoms with Crippen molar-refractivity contribution in [2.24, 2.45) is 0 Å². The number of anilines is 2. The number of halogens is 2. The van der Waals surface area contributed by atoms with E-state index in [4.69, 9.17) is 16.3 Å². The van der Waals surface area contributed by atoms with Crippen LogP contribution in [0, 0.1) is 19.7 Å². The second-order valence-electron chi connectivity index (χ2n) is 8.01. The van der Waals surface area contributed by atoms with E-state index in [-0.39, 0.29) is 34.8 Å². The number of rotatable bonds is 3. The van der Waals surface area contributed by atoms with E-state index in [9.17, 15) is 14.0 Å². The van der Waals surface area contributed by atoms with Gasteiger partial charge in [-0.2, -0.15) is 0 Å². The molecule has 0 bridgehead atoms. The minimum Gasteiger partial charge on any atom is -0.447 e. The third kappa shape index (κ3) is 4.04. The second-order valence-corrected chi connectivity index (χ2v) is 8.42. The van der Waals surface area contributed by atoms with Crippen molar-refractivity contribution >= 4 is 35.1 Å². The fraction of sp³-hybridized carbons (Fsp3) is 0.409. The fourth-order valence-corrected chi connectivity index (χ4v) is 4.31. The van der Waals surface area contributed by atoms with Gasteiger partial charge in [0.25, 0.3) is 5.91 Å². The molecule has 1 aromatic heterocycles. The van der Waals surface area contributed by atoms with Crippen molar-refractivity contribution in [2.45, 2.75) is 26.8 Å². The van der Waals surface area contributed by atoms with Crippen molar-refractivity contribution < 1.29 is 18.7 Å². The molecule has 2 aliphatic heterocycles. The summed E-state index contributed by atoms with van der Waals surface area (Å²) < 4.78 is 19.8. The Morgan fingerprint density at radius 2 is 1.90 bits per heavy atom. The molecule has 2 saturated heterocycles. The number of nitrogens with zero attached hydrogens (tertiary/aromatic N) is 4. The van der Waals surface area contributed by atoms with Gasteiger partial charge in [-0.3, -0.25) is 9.69 Å². The maximum Gasteiger partial charge on any atom is 0.414 e. The van der Waals surface area contributed by atoms with Crippen molar-refractivity contribution in [1.82, 2.24) is 9.88 Å². The number of hydrogen-bond donors (Lipinski definition) is 0. The Hall–Kier alpha value is -2.87. The number of aromatic nitrogens is 1. The fourth-order valence-electron chi connectivity index (χ4n) is 4.07. The Morgan fingerprint density at radius 1 is 1.19 bits per heavy atom. The van der Waals surface area contributed by atoms with Crippen molar-refractivity contribution in [1.29, 1.82) is 0 Å². The van der Waals surface area contributed by atoms with E-state index in [0.717, 1.165) is 23.0 Å². The number of carbonyl (C=O) groups excluding carboxylic acids is 2. The summed E-state index contributed by atoms with van der Waals surface area (Å²) in [6.45, 7) is 8.15. The number of carbonyl (C=O) groups is 2. The summed E-state index contributed by atoms with van der Waals surface area (Å²) in [5, 5.41) is 0.103. The van der Waals surface area contributed by atoms with Crippen LogP contribution in [-0.2, 0) is 4.74 Å². The molecule has 2 aromatic rings. The SMILES string of the molecule is Cc1cnc(N2CCN(C(=O)c3cc(F)c(N4C(=O)OC[C@H]4C)cc3Cl)CC2)c(C)c1. The molecule has 2 amide bonds. The van der Waals surface area contributed by atoms with Crippen LogP contribution < -0.4 is 9.80 Å². The topological polar surface area (TPSA) is 66.0 Å². The monoisotopic (exact) mass is 446 g/mol. The number of cyclic esters (lactones) is 1. The standard InChI is InChI=1S/C22H24ClFN4O3/c1-13-8-14(2)20(25-11-13)26-4-6-27(7-5-26)21(29)16-9-18(24)19(10-17(16)23)28-15(3)12-31-22(28)30/h8-11,15H,4-7,12H2,1-3H3/t15-/m1/s1. The molecular weight excluding hydrogens is 423 g/mol. The molecule has 9 heteroatoms. The van der Waals surface area contributed by atoms with Crippen LogP contribution in [0.25, 0.3) is 0 Å². The van der Waals surface area contributed by atoms with Gasteiger partial charge in [0.15, 0.2) is 0 Å². The van der Waals surface area contributed by atoms with Crippen LogP contribution >= 0.6 is 11.6 Å². The van der Waals surface area contributed by atoms with E-state index in [0.29, 0.717) is 26.2 Å². The molecule has 0 radical (unpaired) electrons. The Labute approximate surface area is 185 Å². The highest BCUT2D eigenvalue weighted by atomic mass is 35.5. The van der Waals surface area contributed by atoms with Crippen LogP contribution in [0.15, 0.2) is 24.4 Å². The summed E-state index contributed by atoms with van der Waals surface area (Å²) in [7, 11) is 0. The molecule has 0 saturated carbocycles. The molecule has 7 nitrogen and oxygen atoms in total. The Morgan fingerprint density at radius 3 is 2.52 bits per heavy atom. The molecule has 3 heterocycles. The summed E-state index contributed by atoms with van der Waals surface area (Å²) in [5.74, 6) is -0.102. The summed E-state index contributed by atoms with van der Waals surface area (Å²) in [5.41, 5.74) is 2.30. The lowest BCUT2D eigenvalue weighted by atomic mass is 10.1. The van der Waals surface area contributed by atoms with E-state index >= 15 is 0 Å². The largest absolute Gasteiger partial charge is 0.447 e. The number of ether oxygens (including phenoxy) is 1. The molecule has 4 rings (SSSR count). The minimum absolute atomic E-state index is 0.0160. The Balaban J connectivity index is 1.49. The van der Waals surface area contributed by atoms with E-state index in [1.807, 2.05) is 20.0 Å². The van der Waals surface area contributed by atoms with Crippen molar-refractivity contribution in [3.63, 3.8) is 0 Å². The Bertz CT molecular complexity index is 1040. The van der Waals surface area contributed by atoms with E-state index in [1.165, 1.54) is 11.0 Å². The van der Waals surface area contributed by atoms with Crippen molar-refractivity contribution in [3.8, 4) is 0 Å². The first-order chi connectivity index (χ1) is 14.8. The third-order valence-electron chi connectivity index (χ3n) is 5.67. The summed E-state index contributed by atoms with van der Waals surface area (Å²) >= 11 is 6.34. The van der Waals surface area contributed by atoms with Crippen LogP contribution in [0.3, 0.4) is 0 Å². The zero-order valence-corrected chi connectivity index (χ0v) is 18.4. The van der Waals surface area contributed by atoms with Crippen molar-refractivity contribution in [3.05, 3.63) is 51.9 Å². The van der Waals surface area contributed by atoms with Gasteiger partial charge in [0, 0.05) is 32.4 Å². The zero-order valence-electron chi connectivity index (χ0n) is 17.7. The van der Waals surface area contributed by atoms with Crippen LogP contribution in [0.4, 0.5) is 20.7 Å². The third-order valence-corrected chi connectivity index (χ3v) is 5.98. The lowest BCUT2D eigenvalue weighted by molar-refractivity contribution is 0.0746. The van der Waals surface area contributed by atoms with E-state index < -0.39 is 11.9 Å². The number of hydrogen-bond acceptors (Lipinski definition) is 5. The van der Waals surface area contributed by atoms with Crippen LogP contribution in [0.1, 0.15) is 28.4 Å². The predicted molar refractivity (Wildman–Crippen MR) is 117 cm³/mol. The molecule has 2 aliphatic rings. The average molecular weight is 447 g/mol. The number of piperazine rings is 1. The molecule has 1 atom stereocenters.